The second-order valence-corrected chi connectivity index (χ2v) is 8.87. The molecular formula is C17H36O2. The van der Waals surface area contributed by atoms with E-state index in [0.717, 1.165) is 6.42 Å². The van der Waals surface area contributed by atoms with Gasteiger partial charge in [0.05, 0.1) is 22.9 Å². The van der Waals surface area contributed by atoms with Gasteiger partial charge in [0, 0.05) is 6.42 Å². The van der Waals surface area contributed by atoms with Gasteiger partial charge in [-0.3, -0.25) is 0 Å². The summed E-state index contributed by atoms with van der Waals surface area (Å²) in [5.74, 6) is 0. The monoisotopic (exact) mass is 272 g/mol. The lowest BCUT2D eigenvalue weighted by molar-refractivity contribution is -0.168. The first-order valence-corrected chi connectivity index (χ1v) is 7.44. The fourth-order valence-electron chi connectivity index (χ4n) is 2.28. The van der Waals surface area contributed by atoms with Crippen LogP contribution in [0.2, 0.25) is 0 Å². The molecule has 0 spiro atoms. The van der Waals surface area contributed by atoms with Gasteiger partial charge in [-0.2, -0.15) is 0 Å². The lowest BCUT2D eigenvalue weighted by Crippen LogP contribution is -2.44. The van der Waals surface area contributed by atoms with Crippen molar-refractivity contribution in [2.45, 2.75) is 105 Å². The van der Waals surface area contributed by atoms with Crippen molar-refractivity contribution < 1.29 is 9.47 Å². The SMILES string of the molecule is CC(CC(C)(C)OC(C)(C)C)OC(C)(C)C(C)(C)C. The van der Waals surface area contributed by atoms with Crippen LogP contribution in [-0.2, 0) is 9.47 Å². The van der Waals surface area contributed by atoms with E-state index in [1.165, 1.54) is 0 Å². The lowest BCUT2D eigenvalue weighted by Gasteiger charge is -2.43. The summed E-state index contributed by atoms with van der Waals surface area (Å²) < 4.78 is 12.4. The molecule has 0 aromatic carbocycles. The maximum atomic E-state index is 6.27. The molecule has 0 fully saturated rings. The molecular weight excluding hydrogens is 236 g/mol. The average Bonchev–Trinajstić information content (AvgIpc) is 1.91. The molecule has 0 aliphatic carbocycles. The summed E-state index contributed by atoms with van der Waals surface area (Å²) in [7, 11) is 0. The molecule has 19 heavy (non-hydrogen) atoms. The fraction of sp³-hybridized carbons (Fsp3) is 1.00. The Morgan fingerprint density at radius 3 is 1.53 bits per heavy atom. The third-order valence-corrected chi connectivity index (χ3v) is 3.66. The smallest absolute Gasteiger partial charge is 0.0678 e. The molecule has 2 nitrogen and oxygen atoms in total. The average molecular weight is 272 g/mol. The van der Waals surface area contributed by atoms with E-state index < -0.39 is 0 Å². The molecule has 0 amide bonds. The second kappa shape index (κ2) is 5.73. The van der Waals surface area contributed by atoms with Crippen LogP contribution in [0.3, 0.4) is 0 Å². The van der Waals surface area contributed by atoms with Crippen LogP contribution in [-0.4, -0.2) is 22.9 Å². The minimum Gasteiger partial charge on any atom is -0.372 e. The van der Waals surface area contributed by atoms with Crippen LogP contribution in [0.25, 0.3) is 0 Å². The largest absolute Gasteiger partial charge is 0.372 e. The predicted molar refractivity (Wildman–Crippen MR) is 83.6 cm³/mol. The van der Waals surface area contributed by atoms with E-state index in [0.29, 0.717) is 0 Å². The zero-order valence-electron chi connectivity index (χ0n) is 15.1. The standard InChI is InChI=1S/C17H36O2/c1-13(18-17(10,11)14(2,3)4)12-16(8,9)19-15(5,6)7/h13H,12H2,1-11H3. The zero-order valence-corrected chi connectivity index (χ0v) is 15.1. The van der Waals surface area contributed by atoms with Crippen LogP contribution in [0.4, 0.5) is 0 Å². The third kappa shape index (κ3) is 7.31. The summed E-state index contributed by atoms with van der Waals surface area (Å²) >= 11 is 0. The van der Waals surface area contributed by atoms with Crippen molar-refractivity contribution >= 4 is 0 Å². The van der Waals surface area contributed by atoms with Crippen LogP contribution in [0.1, 0.15) is 82.6 Å². The van der Waals surface area contributed by atoms with Gasteiger partial charge in [-0.25, -0.2) is 0 Å². The first-order valence-electron chi connectivity index (χ1n) is 7.44. The molecule has 0 rings (SSSR count). The van der Waals surface area contributed by atoms with Gasteiger partial charge >= 0.3 is 0 Å². The molecule has 0 saturated heterocycles. The Morgan fingerprint density at radius 1 is 0.789 bits per heavy atom. The van der Waals surface area contributed by atoms with Crippen LogP contribution in [0.15, 0.2) is 0 Å². The molecule has 0 aliphatic rings. The molecule has 0 heterocycles. The lowest BCUT2D eigenvalue weighted by atomic mass is 9.79. The van der Waals surface area contributed by atoms with Crippen LogP contribution in [0, 0.1) is 5.41 Å². The number of ether oxygens (including phenoxy) is 2. The number of rotatable bonds is 5. The molecule has 0 bridgehead atoms. The van der Waals surface area contributed by atoms with E-state index in [2.05, 4.69) is 76.2 Å². The maximum Gasteiger partial charge on any atom is 0.0678 e. The van der Waals surface area contributed by atoms with Crippen molar-refractivity contribution in [1.82, 2.24) is 0 Å². The second-order valence-electron chi connectivity index (χ2n) is 8.87. The van der Waals surface area contributed by atoms with Gasteiger partial charge in [-0.15, -0.1) is 0 Å². The van der Waals surface area contributed by atoms with Crippen LogP contribution >= 0.6 is 0 Å². The highest BCUT2D eigenvalue weighted by Crippen LogP contribution is 2.35. The van der Waals surface area contributed by atoms with Gasteiger partial charge in [-0.05, 0) is 60.8 Å². The van der Waals surface area contributed by atoms with Gasteiger partial charge < -0.3 is 9.47 Å². The normalized spacial score (nSPS) is 16.6. The van der Waals surface area contributed by atoms with Crippen molar-refractivity contribution in [3.05, 3.63) is 0 Å². The van der Waals surface area contributed by atoms with E-state index in [4.69, 9.17) is 9.47 Å². The molecule has 0 aromatic rings. The molecule has 0 radical (unpaired) electrons. The first kappa shape index (κ1) is 18.9. The highest BCUT2D eigenvalue weighted by molar-refractivity contribution is 4.86. The van der Waals surface area contributed by atoms with Gasteiger partial charge in [0.1, 0.15) is 0 Å². The highest BCUT2D eigenvalue weighted by Gasteiger charge is 2.37. The summed E-state index contributed by atoms with van der Waals surface area (Å²) in [5.41, 5.74) is -0.324. The summed E-state index contributed by atoms with van der Waals surface area (Å²) in [6.45, 7) is 23.7. The van der Waals surface area contributed by atoms with E-state index in [1.807, 2.05) is 0 Å². The van der Waals surface area contributed by atoms with Crippen LogP contribution in [0.5, 0.6) is 0 Å². The van der Waals surface area contributed by atoms with Crippen molar-refractivity contribution in [3.8, 4) is 0 Å². The van der Waals surface area contributed by atoms with Crippen molar-refractivity contribution in [2.75, 3.05) is 0 Å². The van der Waals surface area contributed by atoms with Gasteiger partial charge in [0.15, 0.2) is 0 Å². The highest BCUT2D eigenvalue weighted by atomic mass is 16.5. The molecule has 116 valence electrons. The van der Waals surface area contributed by atoms with Crippen molar-refractivity contribution in [3.63, 3.8) is 0 Å². The Balaban J connectivity index is 4.59. The minimum absolute atomic E-state index is 0.121. The van der Waals surface area contributed by atoms with Crippen LogP contribution < -0.4 is 0 Å². The topological polar surface area (TPSA) is 18.5 Å². The van der Waals surface area contributed by atoms with Crippen molar-refractivity contribution in [1.29, 1.82) is 0 Å². The molecule has 0 saturated carbocycles. The molecule has 1 unspecified atom stereocenters. The summed E-state index contributed by atoms with van der Waals surface area (Å²) in [6, 6.07) is 0. The first-order chi connectivity index (χ1) is 8.06. The Bertz CT molecular complexity index is 277. The summed E-state index contributed by atoms with van der Waals surface area (Å²) in [6.07, 6.45) is 1.07. The summed E-state index contributed by atoms with van der Waals surface area (Å²) in [4.78, 5) is 0. The van der Waals surface area contributed by atoms with E-state index in [1.54, 1.807) is 0 Å². The maximum absolute atomic E-state index is 6.27. The van der Waals surface area contributed by atoms with Gasteiger partial charge in [0.2, 0.25) is 0 Å². The van der Waals surface area contributed by atoms with Crippen molar-refractivity contribution in [2.24, 2.45) is 5.41 Å². The Morgan fingerprint density at radius 2 is 1.21 bits per heavy atom. The van der Waals surface area contributed by atoms with E-state index in [-0.39, 0.29) is 28.3 Å². The quantitative estimate of drug-likeness (QED) is 0.685. The molecule has 0 aliphatic heterocycles. The third-order valence-electron chi connectivity index (χ3n) is 3.66. The molecule has 0 N–H and O–H groups in total. The van der Waals surface area contributed by atoms with Gasteiger partial charge in [-0.1, -0.05) is 20.8 Å². The zero-order chi connectivity index (χ0) is 15.7. The predicted octanol–water partition coefficient (Wildman–Crippen LogP) is 5.20. The number of hydrogen-bond donors (Lipinski definition) is 0. The van der Waals surface area contributed by atoms with E-state index >= 15 is 0 Å². The summed E-state index contributed by atoms with van der Waals surface area (Å²) in [5, 5.41) is 0. The Labute approximate surface area is 121 Å². The molecule has 2 heteroatoms. The van der Waals surface area contributed by atoms with E-state index in [9.17, 15) is 0 Å². The van der Waals surface area contributed by atoms with Gasteiger partial charge in [0.25, 0.3) is 0 Å². The molecule has 1 atom stereocenters. The number of hydrogen-bond acceptors (Lipinski definition) is 2. The molecule has 0 aromatic heterocycles. The minimum atomic E-state index is -0.175. The fourth-order valence-corrected chi connectivity index (χ4v) is 2.28. The Hall–Kier alpha value is -0.0800. The Kier molecular flexibility index (Phi) is 5.71.